The molecule has 1 aromatic rings. The molecule has 0 saturated heterocycles. The smallest absolute Gasteiger partial charge is 0.348 e. The van der Waals surface area contributed by atoms with E-state index in [9.17, 15) is 9.59 Å². The molecule has 0 aliphatic heterocycles. The van der Waals surface area contributed by atoms with Gasteiger partial charge in [-0.2, -0.15) is 5.26 Å². The van der Waals surface area contributed by atoms with Gasteiger partial charge in [0.15, 0.2) is 0 Å². The lowest BCUT2D eigenvalue weighted by atomic mass is 10.1. The highest BCUT2D eigenvalue weighted by atomic mass is 16.5. The molecule has 0 aromatic heterocycles. The Hall–Kier alpha value is -2.61. The zero-order valence-electron chi connectivity index (χ0n) is 9.97. The molecule has 0 amide bonds. The fourth-order valence-electron chi connectivity index (χ4n) is 1.21. The molecule has 1 aromatic carbocycles. The van der Waals surface area contributed by atoms with Crippen LogP contribution in [0.1, 0.15) is 12.5 Å². The Morgan fingerprint density at radius 3 is 2.33 bits per heavy atom. The maximum absolute atomic E-state index is 11.2. The fourth-order valence-corrected chi connectivity index (χ4v) is 1.21. The summed E-state index contributed by atoms with van der Waals surface area (Å²) >= 11 is 0. The summed E-state index contributed by atoms with van der Waals surface area (Å²) in [6.07, 6.45) is 1.39. The van der Waals surface area contributed by atoms with E-state index in [1.165, 1.54) is 20.1 Å². The second-order valence-electron chi connectivity index (χ2n) is 3.32. The Kier molecular flexibility index (Phi) is 4.64. The van der Waals surface area contributed by atoms with Crippen LogP contribution in [0, 0.1) is 11.3 Å². The molecule has 0 bridgehead atoms. The Bertz CT molecular complexity index is 523. The molecule has 18 heavy (non-hydrogen) atoms. The van der Waals surface area contributed by atoms with Crippen LogP contribution < -0.4 is 4.74 Å². The van der Waals surface area contributed by atoms with Crippen molar-refractivity contribution in [2.75, 3.05) is 7.11 Å². The number of hydrogen-bond donors (Lipinski definition) is 0. The normalized spacial score (nSPS) is 10.4. The summed E-state index contributed by atoms with van der Waals surface area (Å²) in [7, 11) is 1.21. The van der Waals surface area contributed by atoms with E-state index in [-0.39, 0.29) is 5.57 Å². The molecular formula is C13H11NO4. The molecule has 0 saturated carbocycles. The first-order valence-corrected chi connectivity index (χ1v) is 5.05. The van der Waals surface area contributed by atoms with Gasteiger partial charge >= 0.3 is 11.9 Å². The van der Waals surface area contributed by atoms with Gasteiger partial charge in [0.2, 0.25) is 0 Å². The van der Waals surface area contributed by atoms with Crippen LogP contribution >= 0.6 is 0 Å². The summed E-state index contributed by atoms with van der Waals surface area (Å²) in [5.41, 5.74) is 0.533. The van der Waals surface area contributed by atoms with Gasteiger partial charge in [-0.3, -0.25) is 4.79 Å². The van der Waals surface area contributed by atoms with Gasteiger partial charge in [0.05, 0.1) is 7.11 Å². The van der Waals surface area contributed by atoms with Gasteiger partial charge in [-0.05, 0) is 23.8 Å². The Morgan fingerprint density at radius 1 is 1.28 bits per heavy atom. The Balaban J connectivity index is 2.92. The third-order valence-corrected chi connectivity index (χ3v) is 1.98. The summed E-state index contributed by atoms with van der Waals surface area (Å²) in [5.74, 6) is -0.705. The Labute approximate surface area is 104 Å². The summed E-state index contributed by atoms with van der Waals surface area (Å²) in [6.45, 7) is 1.30. The van der Waals surface area contributed by atoms with E-state index in [1.54, 1.807) is 30.3 Å². The summed E-state index contributed by atoms with van der Waals surface area (Å²) in [5, 5.41) is 8.77. The number of esters is 2. The van der Waals surface area contributed by atoms with E-state index >= 15 is 0 Å². The van der Waals surface area contributed by atoms with Gasteiger partial charge in [0.1, 0.15) is 17.4 Å². The number of rotatable bonds is 3. The fraction of sp³-hybridized carbons (Fsp3) is 0.154. The van der Waals surface area contributed by atoms with Crippen molar-refractivity contribution in [1.82, 2.24) is 0 Å². The van der Waals surface area contributed by atoms with Crippen LogP contribution in [0.15, 0.2) is 29.8 Å². The van der Waals surface area contributed by atoms with Crippen LogP contribution in [0.25, 0.3) is 6.08 Å². The van der Waals surface area contributed by atoms with Gasteiger partial charge in [-0.25, -0.2) is 4.79 Å². The van der Waals surface area contributed by atoms with Gasteiger partial charge in [-0.1, -0.05) is 12.1 Å². The number of hydrogen-bond acceptors (Lipinski definition) is 5. The summed E-state index contributed by atoms with van der Waals surface area (Å²) < 4.78 is 9.31. The number of carbonyl (C=O) groups is 2. The summed E-state index contributed by atoms with van der Waals surface area (Å²) in [6, 6.07) is 8.13. The number of nitrogens with zero attached hydrogens (tertiary/aromatic N) is 1. The van der Waals surface area contributed by atoms with Crippen molar-refractivity contribution >= 4 is 18.0 Å². The summed E-state index contributed by atoms with van der Waals surface area (Å²) in [4.78, 5) is 21.9. The molecule has 0 radical (unpaired) electrons. The number of ether oxygens (including phenoxy) is 2. The van der Waals surface area contributed by atoms with Crippen molar-refractivity contribution in [3.8, 4) is 11.8 Å². The predicted octanol–water partition coefficient (Wildman–Crippen LogP) is 1.69. The maximum atomic E-state index is 11.2. The van der Waals surface area contributed by atoms with E-state index in [4.69, 9.17) is 10.00 Å². The monoisotopic (exact) mass is 245 g/mol. The molecule has 0 unspecified atom stereocenters. The number of nitriles is 1. The third kappa shape index (κ3) is 3.76. The van der Waals surface area contributed by atoms with Crippen molar-refractivity contribution in [1.29, 1.82) is 5.26 Å². The molecule has 92 valence electrons. The zero-order chi connectivity index (χ0) is 13.5. The SMILES string of the molecule is COC(=O)C(C#N)=Cc1ccc(OC(C)=O)cc1. The maximum Gasteiger partial charge on any atom is 0.348 e. The minimum Gasteiger partial charge on any atom is -0.465 e. The van der Waals surface area contributed by atoms with Crippen LogP contribution in [-0.2, 0) is 14.3 Å². The molecule has 0 aliphatic carbocycles. The first kappa shape index (κ1) is 13.5. The van der Waals surface area contributed by atoms with Crippen molar-refractivity contribution in [3.63, 3.8) is 0 Å². The molecule has 0 N–H and O–H groups in total. The molecule has 5 nitrogen and oxygen atoms in total. The van der Waals surface area contributed by atoms with Crippen LogP contribution in [0.3, 0.4) is 0 Å². The topological polar surface area (TPSA) is 76.4 Å². The van der Waals surface area contributed by atoms with E-state index in [1.807, 2.05) is 0 Å². The van der Waals surface area contributed by atoms with Crippen molar-refractivity contribution in [2.45, 2.75) is 6.92 Å². The van der Waals surface area contributed by atoms with Gasteiger partial charge in [-0.15, -0.1) is 0 Å². The molecule has 0 atom stereocenters. The third-order valence-electron chi connectivity index (χ3n) is 1.98. The van der Waals surface area contributed by atoms with Crippen LogP contribution in [0.5, 0.6) is 5.75 Å². The lowest BCUT2D eigenvalue weighted by molar-refractivity contribution is -0.135. The van der Waals surface area contributed by atoms with E-state index in [0.29, 0.717) is 11.3 Å². The largest absolute Gasteiger partial charge is 0.465 e. The van der Waals surface area contributed by atoms with Crippen molar-refractivity contribution in [2.24, 2.45) is 0 Å². The van der Waals surface area contributed by atoms with E-state index in [2.05, 4.69) is 4.74 Å². The molecule has 0 spiro atoms. The van der Waals surface area contributed by atoms with Crippen LogP contribution in [0.2, 0.25) is 0 Å². The predicted molar refractivity (Wildman–Crippen MR) is 63.4 cm³/mol. The highest BCUT2D eigenvalue weighted by Gasteiger charge is 2.08. The van der Waals surface area contributed by atoms with Gasteiger partial charge in [0, 0.05) is 6.92 Å². The van der Waals surface area contributed by atoms with Gasteiger partial charge in [0.25, 0.3) is 0 Å². The van der Waals surface area contributed by atoms with Crippen LogP contribution in [0.4, 0.5) is 0 Å². The van der Waals surface area contributed by atoms with Crippen LogP contribution in [-0.4, -0.2) is 19.0 Å². The molecule has 0 fully saturated rings. The molecule has 0 heterocycles. The highest BCUT2D eigenvalue weighted by molar-refractivity contribution is 5.97. The van der Waals surface area contributed by atoms with Crippen molar-refractivity contribution < 1.29 is 19.1 Å². The number of methoxy groups -OCH3 is 1. The molecule has 0 aliphatic rings. The average molecular weight is 245 g/mol. The quantitative estimate of drug-likeness (QED) is 0.350. The lowest BCUT2D eigenvalue weighted by Crippen LogP contribution is -2.02. The molecule has 1 rings (SSSR count). The van der Waals surface area contributed by atoms with E-state index in [0.717, 1.165) is 0 Å². The second kappa shape index (κ2) is 6.21. The number of benzene rings is 1. The second-order valence-corrected chi connectivity index (χ2v) is 3.32. The Morgan fingerprint density at radius 2 is 1.89 bits per heavy atom. The first-order valence-electron chi connectivity index (χ1n) is 5.05. The standard InChI is InChI=1S/C13H11NO4/c1-9(15)18-12-5-3-10(4-6-12)7-11(8-14)13(16)17-2/h3-7H,1-2H3. The van der Waals surface area contributed by atoms with Crippen molar-refractivity contribution in [3.05, 3.63) is 35.4 Å². The minimum absolute atomic E-state index is 0.0993. The average Bonchev–Trinajstić information content (AvgIpc) is 2.36. The minimum atomic E-state index is -0.693. The first-order chi connectivity index (χ1) is 8.56. The highest BCUT2D eigenvalue weighted by Crippen LogP contribution is 2.15. The lowest BCUT2D eigenvalue weighted by Gasteiger charge is -2.01. The molecule has 5 heteroatoms. The van der Waals surface area contributed by atoms with E-state index < -0.39 is 11.9 Å². The zero-order valence-corrected chi connectivity index (χ0v) is 9.97. The molecular weight excluding hydrogens is 234 g/mol. The van der Waals surface area contributed by atoms with Gasteiger partial charge < -0.3 is 9.47 Å². The number of carbonyl (C=O) groups excluding carboxylic acids is 2.